The molecule has 0 aliphatic heterocycles. The summed E-state index contributed by atoms with van der Waals surface area (Å²) in [5, 5.41) is 8.74. The van der Waals surface area contributed by atoms with Gasteiger partial charge in [-0.05, 0) is 50.1 Å². The van der Waals surface area contributed by atoms with E-state index in [0.717, 1.165) is 18.2 Å². The minimum absolute atomic E-state index is 0.0700. The van der Waals surface area contributed by atoms with Crippen LogP contribution in [0.3, 0.4) is 0 Å². The number of hydrogen-bond acceptors (Lipinski definition) is 2. The van der Waals surface area contributed by atoms with Gasteiger partial charge in [-0.2, -0.15) is 13.2 Å². The van der Waals surface area contributed by atoms with Gasteiger partial charge in [-0.3, -0.25) is 4.79 Å². The number of alkyl halides is 3. The van der Waals surface area contributed by atoms with Crippen molar-refractivity contribution in [1.29, 1.82) is 0 Å². The molecule has 0 aliphatic carbocycles. The topological polar surface area (TPSA) is 57.6 Å². The fraction of sp³-hybridized carbons (Fsp3) is 0.238. The number of halogens is 3. The maximum atomic E-state index is 13.0. The number of rotatable bonds is 6. The van der Waals surface area contributed by atoms with E-state index in [1.165, 1.54) is 23.1 Å². The first-order chi connectivity index (χ1) is 13.1. The zero-order valence-corrected chi connectivity index (χ0v) is 15.4. The van der Waals surface area contributed by atoms with E-state index in [9.17, 15) is 22.8 Å². The van der Waals surface area contributed by atoms with Gasteiger partial charge >= 0.3 is 12.1 Å². The zero-order valence-electron chi connectivity index (χ0n) is 15.4. The first kappa shape index (κ1) is 21.2. The van der Waals surface area contributed by atoms with Crippen LogP contribution in [0.25, 0.3) is 0 Å². The molecule has 0 aliphatic rings. The third-order valence-electron chi connectivity index (χ3n) is 4.02. The number of anilines is 1. The fourth-order valence-electron chi connectivity index (χ4n) is 2.79. The molecule has 2 rings (SSSR count). The van der Waals surface area contributed by atoms with E-state index < -0.39 is 23.6 Å². The summed E-state index contributed by atoms with van der Waals surface area (Å²) < 4.78 is 39.0. The minimum Gasteiger partial charge on any atom is -0.478 e. The fourth-order valence-corrected chi connectivity index (χ4v) is 2.79. The van der Waals surface area contributed by atoms with Gasteiger partial charge in [0.2, 0.25) is 0 Å². The number of aliphatic carboxylic acids is 1. The number of carboxylic acids is 1. The number of hydrogen-bond donors (Lipinski definition) is 1. The van der Waals surface area contributed by atoms with Crippen LogP contribution in [0, 0.1) is 0 Å². The van der Waals surface area contributed by atoms with Crippen LogP contribution in [0.4, 0.5) is 18.9 Å². The minimum atomic E-state index is -4.54. The first-order valence-corrected chi connectivity index (χ1v) is 8.59. The Kier molecular flexibility index (Phi) is 6.62. The van der Waals surface area contributed by atoms with E-state index in [-0.39, 0.29) is 18.0 Å². The number of nitrogens with zero attached hydrogens (tertiary/aromatic N) is 1. The van der Waals surface area contributed by atoms with Crippen molar-refractivity contribution in [2.45, 2.75) is 32.5 Å². The largest absolute Gasteiger partial charge is 0.478 e. The Morgan fingerprint density at radius 1 is 1.11 bits per heavy atom. The van der Waals surface area contributed by atoms with Gasteiger partial charge in [0, 0.05) is 23.4 Å². The van der Waals surface area contributed by atoms with Crippen LogP contribution in [0.15, 0.2) is 60.7 Å². The van der Waals surface area contributed by atoms with E-state index in [1.54, 1.807) is 38.1 Å². The molecular formula is C21H20F3NO3. The van der Waals surface area contributed by atoms with Crippen molar-refractivity contribution in [1.82, 2.24) is 0 Å². The Bertz CT molecular complexity index is 888. The van der Waals surface area contributed by atoms with Crippen LogP contribution in [0.5, 0.6) is 0 Å². The van der Waals surface area contributed by atoms with Gasteiger partial charge in [-0.15, -0.1) is 0 Å². The third-order valence-corrected chi connectivity index (χ3v) is 4.02. The summed E-state index contributed by atoms with van der Waals surface area (Å²) in [5.74, 6) is -1.64. The molecule has 0 fully saturated rings. The summed E-state index contributed by atoms with van der Waals surface area (Å²) in [4.78, 5) is 25.1. The van der Waals surface area contributed by atoms with Crippen LogP contribution in [0.2, 0.25) is 0 Å². The highest BCUT2D eigenvalue weighted by molar-refractivity contribution is 6.07. The standard InChI is InChI=1S/C21H20F3NO3/c1-14(2)25(18-11-4-3-7-15(18)8-6-12-19(26)27)20(28)16-9-5-10-17(13-16)21(22,23)24/h3-7,9-14H,8H2,1-2H3,(H,26,27)/b12-6+. The Balaban J connectivity index is 2.44. The molecule has 2 aromatic carbocycles. The molecule has 28 heavy (non-hydrogen) atoms. The van der Waals surface area contributed by atoms with E-state index >= 15 is 0 Å². The van der Waals surface area contributed by atoms with E-state index in [0.29, 0.717) is 11.3 Å². The number of para-hydroxylation sites is 1. The lowest BCUT2D eigenvalue weighted by Crippen LogP contribution is -2.37. The molecule has 0 aromatic heterocycles. The number of carboxylic acid groups (broad SMARTS) is 1. The van der Waals surface area contributed by atoms with E-state index in [2.05, 4.69) is 0 Å². The molecule has 0 spiro atoms. The summed E-state index contributed by atoms with van der Waals surface area (Å²) in [6.07, 6.45) is -1.82. The number of amides is 1. The molecule has 0 heterocycles. The molecule has 0 atom stereocenters. The van der Waals surface area contributed by atoms with Gasteiger partial charge in [-0.25, -0.2) is 4.79 Å². The summed E-state index contributed by atoms with van der Waals surface area (Å²) in [6.45, 7) is 3.52. The van der Waals surface area contributed by atoms with Crippen molar-refractivity contribution in [2.24, 2.45) is 0 Å². The Morgan fingerprint density at radius 2 is 1.79 bits per heavy atom. The summed E-state index contributed by atoms with van der Waals surface area (Å²) >= 11 is 0. The highest BCUT2D eigenvalue weighted by Crippen LogP contribution is 2.31. The Hall–Kier alpha value is -3.09. The maximum Gasteiger partial charge on any atom is 0.416 e. The Labute approximate surface area is 160 Å². The number of carbonyl (C=O) groups excluding carboxylic acids is 1. The van der Waals surface area contributed by atoms with Crippen LogP contribution >= 0.6 is 0 Å². The number of benzene rings is 2. The van der Waals surface area contributed by atoms with Crippen molar-refractivity contribution < 1.29 is 27.9 Å². The molecule has 2 aromatic rings. The second-order valence-corrected chi connectivity index (χ2v) is 6.42. The van der Waals surface area contributed by atoms with Gasteiger partial charge in [0.05, 0.1) is 5.56 Å². The average Bonchev–Trinajstić information content (AvgIpc) is 2.62. The van der Waals surface area contributed by atoms with Crippen molar-refractivity contribution in [3.05, 3.63) is 77.4 Å². The summed E-state index contributed by atoms with van der Waals surface area (Å²) in [7, 11) is 0. The molecule has 4 nitrogen and oxygen atoms in total. The van der Waals surface area contributed by atoms with Crippen molar-refractivity contribution in [2.75, 3.05) is 4.90 Å². The van der Waals surface area contributed by atoms with Gasteiger partial charge in [-0.1, -0.05) is 30.3 Å². The highest BCUT2D eigenvalue weighted by Gasteiger charge is 2.32. The number of carbonyl (C=O) groups is 2. The van der Waals surface area contributed by atoms with Crippen LogP contribution < -0.4 is 4.90 Å². The second-order valence-electron chi connectivity index (χ2n) is 6.42. The maximum absolute atomic E-state index is 13.0. The van der Waals surface area contributed by atoms with Gasteiger partial charge in [0.1, 0.15) is 0 Å². The van der Waals surface area contributed by atoms with Crippen molar-refractivity contribution in [3.63, 3.8) is 0 Å². The number of allylic oxidation sites excluding steroid dienone is 1. The first-order valence-electron chi connectivity index (χ1n) is 8.59. The van der Waals surface area contributed by atoms with Gasteiger partial charge in [0.25, 0.3) is 5.91 Å². The molecule has 1 amide bonds. The molecule has 7 heteroatoms. The lowest BCUT2D eigenvalue weighted by Gasteiger charge is -2.29. The van der Waals surface area contributed by atoms with E-state index in [1.807, 2.05) is 0 Å². The van der Waals surface area contributed by atoms with Gasteiger partial charge < -0.3 is 10.0 Å². The van der Waals surface area contributed by atoms with Gasteiger partial charge in [0.15, 0.2) is 0 Å². The summed E-state index contributed by atoms with van der Waals surface area (Å²) in [6, 6.07) is 10.9. The third kappa shape index (κ3) is 5.22. The SMILES string of the molecule is CC(C)N(C(=O)c1cccc(C(F)(F)F)c1)c1ccccc1C/C=C/C(=O)O. The molecule has 1 N–H and O–H groups in total. The predicted octanol–water partition coefficient (Wildman–Crippen LogP) is 4.94. The quantitative estimate of drug-likeness (QED) is 0.710. The van der Waals surface area contributed by atoms with Crippen molar-refractivity contribution >= 4 is 17.6 Å². The molecule has 0 unspecified atom stereocenters. The van der Waals surface area contributed by atoms with Crippen molar-refractivity contribution in [3.8, 4) is 0 Å². The highest BCUT2D eigenvalue weighted by atomic mass is 19.4. The molecule has 148 valence electrons. The molecule has 0 saturated heterocycles. The monoisotopic (exact) mass is 391 g/mol. The average molecular weight is 391 g/mol. The van der Waals surface area contributed by atoms with Crippen LogP contribution in [-0.2, 0) is 17.4 Å². The lowest BCUT2D eigenvalue weighted by atomic mass is 10.0. The molecular weight excluding hydrogens is 371 g/mol. The predicted molar refractivity (Wildman–Crippen MR) is 100 cm³/mol. The smallest absolute Gasteiger partial charge is 0.416 e. The molecule has 0 saturated carbocycles. The Morgan fingerprint density at radius 3 is 2.39 bits per heavy atom. The normalized spacial score (nSPS) is 11.8. The molecule has 0 radical (unpaired) electrons. The van der Waals surface area contributed by atoms with Crippen LogP contribution in [0.1, 0.15) is 35.3 Å². The second kappa shape index (κ2) is 8.73. The van der Waals surface area contributed by atoms with E-state index in [4.69, 9.17) is 5.11 Å². The molecule has 0 bridgehead atoms. The zero-order chi connectivity index (χ0) is 20.9. The lowest BCUT2D eigenvalue weighted by molar-refractivity contribution is -0.137. The van der Waals surface area contributed by atoms with Crippen LogP contribution in [-0.4, -0.2) is 23.0 Å². The summed E-state index contributed by atoms with van der Waals surface area (Å²) in [5.41, 5.74) is 0.253.